The first-order valence-electron chi connectivity index (χ1n) is 6.95. The van der Waals surface area contributed by atoms with Gasteiger partial charge in [-0.1, -0.05) is 13.8 Å². The normalized spacial score (nSPS) is 11.1. The quantitative estimate of drug-likeness (QED) is 0.890. The van der Waals surface area contributed by atoms with Crippen molar-refractivity contribution in [2.24, 2.45) is 0 Å². The van der Waals surface area contributed by atoms with Crippen molar-refractivity contribution in [1.29, 1.82) is 0 Å². The Morgan fingerprint density at radius 1 is 1.43 bits per heavy atom. The maximum Gasteiger partial charge on any atom is 0.141 e. The third-order valence-electron chi connectivity index (χ3n) is 3.04. The standard InChI is InChI=1S/C15H21FN4S/c1-10(2)17-6-12-5-13(16)7-18-15(12)20(4)8-14-9-21-11(3)19-14/h5,7,9-10,17H,6,8H2,1-4H3. The molecule has 2 aromatic heterocycles. The van der Waals surface area contributed by atoms with Crippen molar-refractivity contribution >= 4 is 17.2 Å². The Morgan fingerprint density at radius 3 is 2.81 bits per heavy atom. The smallest absolute Gasteiger partial charge is 0.141 e. The molecule has 2 heterocycles. The van der Waals surface area contributed by atoms with E-state index in [1.807, 2.05) is 24.3 Å². The third kappa shape index (κ3) is 4.47. The van der Waals surface area contributed by atoms with E-state index in [4.69, 9.17) is 0 Å². The van der Waals surface area contributed by atoms with Crippen LogP contribution < -0.4 is 10.2 Å². The Balaban J connectivity index is 2.16. The van der Waals surface area contributed by atoms with Gasteiger partial charge >= 0.3 is 0 Å². The molecule has 114 valence electrons. The summed E-state index contributed by atoms with van der Waals surface area (Å²) in [6.07, 6.45) is 1.26. The first-order valence-corrected chi connectivity index (χ1v) is 7.83. The number of anilines is 1. The fourth-order valence-electron chi connectivity index (χ4n) is 2.06. The van der Waals surface area contributed by atoms with Crippen molar-refractivity contribution in [2.45, 2.75) is 39.9 Å². The molecule has 0 radical (unpaired) electrons. The number of aromatic nitrogens is 2. The van der Waals surface area contributed by atoms with E-state index in [0.29, 0.717) is 19.1 Å². The number of nitrogens with one attached hydrogen (secondary N) is 1. The molecule has 4 nitrogen and oxygen atoms in total. The van der Waals surface area contributed by atoms with Crippen LogP contribution in [0.5, 0.6) is 0 Å². The topological polar surface area (TPSA) is 41.1 Å². The van der Waals surface area contributed by atoms with Crippen LogP contribution in [0.15, 0.2) is 17.6 Å². The van der Waals surface area contributed by atoms with E-state index < -0.39 is 0 Å². The van der Waals surface area contributed by atoms with E-state index in [0.717, 1.165) is 22.1 Å². The minimum absolute atomic E-state index is 0.308. The summed E-state index contributed by atoms with van der Waals surface area (Å²) in [6.45, 7) is 7.38. The molecule has 0 atom stereocenters. The highest BCUT2D eigenvalue weighted by atomic mass is 32.1. The number of hydrogen-bond acceptors (Lipinski definition) is 5. The number of thiazole rings is 1. The Bertz CT molecular complexity index is 597. The van der Waals surface area contributed by atoms with Crippen molar-refractivity contribution in [2.75, 3.05) is 11.9 Å². The monoisotopic (exact) mass is 308 g/mol. The lowest BCUT2D eigenvalue weighted by Gasteiger charge is -2.21. The minimum Gasteiger partial charge on any atom is -0.353 e. The molecule has 6 heteroatoms. The van der Waals surface area contributed by atoms with E-state index in [1.54, 1.807) is 17.4 Å². The first-order chi connectivity index (χ1) is 9.95. The Hall–Kier alpha value is -1.53. The van der Waals surface area contributed by atoms with Crippen molar-refractivity contribution in [1.82, 2.24) is 15.3 Å². The van der Waals surface area contributed by atoms with Crippen LogP contribution in [-0.4, -0.2) is 23.1 Å². The second-order valence-electron chi connectivity index (χ2n) is 5.39. The summed E-state index contributed by atoms with van der Waals surface area (Å²) in [5, 5.41) is 6.40. The Kier molecular flexibility index (Phi) is 5.25. The summed E-state index contributed by atoms with van der Waals surface area (Å²) in [6, 6.07) is 1.88. The lowest BCUT2D eigenvalue weighted by atomic mass is 10.2. The lowest BCUT2D eigenvalue weighted by molar-refractivity contribution is 0.577. The molecule has 0 aliphatic heterocycles. The third-order valence-corrected chi connectivity index (χ3v) is 3.86. The van der Waals surface area contributed by atoms with Gasteiger partial charge in [0.2, 0.25) is 0 Å². The Morgan fingerprint density at radius 2 is 2.19 bits per heavy atom. The molecule has 0 fully saturated rings. The molecule has 1 N–H and O–H groups in total. The average Bonchev–Trinajstić information content (AvgIpc) is 2.81. The summed E-state index contributed by atoms with van der Waals surface area (Å²) in [5.74, 6) is 0.479. The van der Waals surface area contributed by atoms with Gasteiger partial charge in [-0.15, -0.1) is 11.3 Å². The van der Waals surface area contributed by atoms with Crippen molar-refractivity contribution < 1.29 is 4.39 Å². The van der Waals surface area contributed by atoms with Crippen LogP contribution in [0.25, 0.3) is 0 Å². The number of pyridine rings is 1. The van der Waals surface area contributed by atoms with Crippen LogP contribution in [0.1, 0.15) is 30.1 Å². The summed E-state index contributed by atoms with van der Waals surface area (Å²) in [7, 11) is 1.95. The number of rotatable bonds is 6. The zero-order valence-corrected chi connectivity index (χ0v) is 13.7. The van der Waals surface area contributed by atoms with Crippen LogP contribution >= 0.6 is 11.3 Å². The van der Waals surface area contributed by atoms with Gasteiger partial charge in [-0.25, -0.2) is 14.4 Å². The van der Waals surface area contributed by atoms with Crippen LogP contribution in [0.2, 0.25) is 0 Å². The molecule has 0 aliphatic carbocycles. The van der Waals surface area contributed by atoms with Gasteiger partial charge in [0.1, 0.15) is 11.6 Å². The van der Waals surface area contributed by atoms with E-state index in [-0.39, 0.29) is 5.82 Å². The maximum absolute atomic E-state index is 13.4. The summed E-state index contributed by atoms with van der Waals surface area (Å²) < 4.78 is 13.4. The number of hydrogen-bond donors (Lipinski definition) is 1. The summed E-state index contributed by atoms with van der Waals surface area (Å²) in [4.78, 5) is 10.7. The van der Waals surface area contributed by atoms with Crippen molar-refractivity contribution in [3.05, 3.63) is 39.7 Å². The van der Waals surface area contributed by atoms with Crippen LogP contribution in [-0.2, 0) is 13.1 Å². The molecular weight excluding hydrogens is 287 g/mol. The predicted molar refractivity (Wildman–Crippen MR) is 85.1 cm³/mol. The number of aryl methyl sites for hydroxylation is 1. The van der Waals surface area contributed by atoms with Crippen LogP contribution in [0, 0.1) is 12.7 Å². The van der Waals surface area contributed by atoms with Crippen molar-refractivity contribution in [3.63, 3.8) is 0 Å². The largest absolute Gasteiger partial charge is 0.353 e. The van der Waals surface area contributed by atoms with Crippen LogP contribution in [0.3, 0.4) is 0 Å². The second kappa shape index (κ2) is 6.95. The zero-order chi connectivity index (χ0) is 15.4. The minimum atomic E-state index is -0.308. The highest BCUT2D eigenvalue weighted by Gasteiger charge is 2.12. The van der Waals surface area contributed by atoms with Crippen molar-refractivity contribution in [3.8, 4) is 0 Å². The average molecular weight is 308 g/mol. The second-order valence-corrected chi connectivity index (χ2v) is 6.45. The van der Waals surface area contributed by atoms with Gasteiger partial charge < -0.3 is 10.2 Å². The molecule has 0 aromatic carbocycles. The molecule has 0 spiro atoms. The highest BCUT2D eigenvalue weighted by molar-refractivity contribution is 7.09. The predicted octanol–water partition coefficient (Wildman–Crippen LogP) is 3.12. The van der Waals surface area contributed by atoms with Gasteiger partial charge in [0.05, 0.1) is 23.4 Å². The molecule has 2 rings (SSSR count). The van der Waals surface area contributed by atoms with Gasteiger partial charge in [0, 0.05) is 30.6 Å². The van der Waals surface area contributed by atoms with Gasteiger partial charge in [0.25, 0.3) is 0 Å². The fourth-order valence-corrected chi connectivity index (χ4v) is 2.66. The molecule has 0 amide bonds. The van der Waals surface area contributed by atoms with Crippen LogP contribution in [0.4, 0.5) is 10.2 Å². The molecule has 0 aliphatic rings. The van der Waals surface area contributed by atoms with Gasteiger partial charge in [-0.2, -0.15) is 0 Å². The highest BCUT2D eigenvalue weighted by Crippen LogP contribution is 2.20. The first kappa shape index (κ1) is 15.9. The fraction of sp³-hybridized carbons (Fsp3) is 0.467. The van der Waals surface area contributed by atoms with E-state index in [2.05, 4.69) is 29.1 Å². The molecular formula is C15H21FN4S. The van der Waals surface area contributed by atoms with Gasteiger partial charge in [0.15, 0.2) is 0 Å². The molecule has 21 heavy (non-hydrogen) atoms. The Labute approximate surface area is 129 Å². The molecule has 0 saturated carbocycles. The van der Waals surface area contributed by atoms with E-state index in [9.17, 15) is 4.39 Å². The number of halogens is 1. The molecule has 0 bridgehead atoms. The summed E-state index contributed by atoms with van der Waals surface area (Å²) in [5.41, 5.74) is 1.87. The lowest BCUT2D eigenvalue weighted by Crippen LogP contribution is -2.25. The summed E-state index contributed by atoms with van der Waals surface area (Å²) >= 11 is 1.63. The molecule has 2 aromatic rings. The van der Waals surface area contributed by atoms with Gasteiger partial charge in [-0.3, -0.25) is 0 Å². The molecule has 0 saturated heterocycles. The van der Waals surface area contributed by atoms with E-state index in [1.165, 1.54) is 6.20 Å². The van der Waals surface area contributed by atoms with Gasteiger partial charge in [-0.05, 0) is 13.0 Å². The number of nitrogens with zero attached hydrogens (tertiary/aromatic N) is 3. The molecule has 0 unspecified atom stereocenters. The maximum atomic E-state index is 13.4. The zero-order valence-electron chi connectivity index (χ0n) is 12.9. The SMILES string of the molecule is Cc1nc(CN(C)c2ncc(F)cc2CNC(C)C)cs1. The van der Waals surface area contributed by atoms with E-state index >= 15 is 0 Å².